The highest BCUT2D eigenvalue weighted by atomic mass is 32.2. The Labute approximate surface area is 264 Å². The fourth-order valence-electron chi connectivity index (χ4n) is 4.95. The number of rotatable bonds is 11. The van der Waals surface area contributed by atoms with Crippen LogP contribution in [-0.4, -0.2) is 41.2 Å². The standard InChI is InChI=1S/C37H31N3O4S/c41-34-25-32(44-23-7-8-24-45(42)43)21-22-33(34)37-39-35(30-17-13-28(14-18-30)26-9-3-1-4-10-26)38-36(40-37)31-19-15-29(16-20-31)27-11-5-2-6-12-27/h1-6,9-22,25,41H,7-8,23-24H2,(H,42,43). The normalized spacial score (nSPS) is 11.7. The van der Waals surface area contributed by atoms with Gasteiger partial charge in [0.2, 0.25) is 0 Å². The van der Waals surface area contributed by atoms with Gasteiger partial charge < -0.3 is 14.4 Å². The Kier molecular flexibility index (Phi) is 9.34. The maximum Gasteiger partial charge on any atom is 0.167 e. The third-order valence-electron chi connectivity index (χ3n) is 7.33. The lowest BCUT2D eigenvalue weighted by Crippen LogP contribution is -2.02. The van der Waals surface area contributed by atoms with Crippen molar-refractivity contribution in [2.24, 2.45) is 0 Å². The first-order valence-electron chi connectivity index (χ1n) is 14.6. The van der Waals surface area contributed by atoms with E-state index >= 15 is 0 Å². The van der Waals surface area contributed by atoms with Crippen LogP contribution in [0.3, 0.4) is 0 Å². The lowest BCUT2D eigenvalue weighted by molar-refractivity contribution is 0.308. The van der Waals surface area contributed by atoms with E-state index in [0.717, 1.165) is 33.4 Å². The summed E-state index contributed by atoms with van der Waals surface area (Å²) in [6.07, 6.45) is 1.20. The number of ether oxygens (including phenoxy) is 1. The van der Waals surface area contributed by atoms with E-state index < -0.39 is 11.1 Å². The van der Waals surface area contributed by atoms with Crippen molar-refractivity contribution in [1.29, 1.82) is 0 Å². The summed E-state index contributed by atoms with van der Waals surface area (Å²) in [5.41, 5.74) is 6.51. The molecule has 0 bridgehead atoms. The van der Waals surface area contributed by atoms with Gasteiger partial charge in [0.25, 0.3) is 0 Å². The summed E-state index contributed by atoms with van der Waals surface area (Å²) in [6.45, 7) is 0.369. The molecule has 1 atom stereocenters. The van der Waals surface area contributed by atoms with E-state index in [1.807, 2.05) is 84.9 Å². The third kappa shape index (κ3) is 7.49. The van der Waals surface area contributed by atoms with E-state index in [0.29, 0.717) is 48.2 Å². The summed E-state index contributed by atoms with van der Waals surface area (Å²) >= 11 is -1.81. The predicted octanol–water partition coefficient (Wildman–Crippen LogP) is 8.29. The molecular formula is C37H31N3O4S. The molecule has 2 N–H and O–H groups in total. The van der Waals surface area contributed by atoms with Crippen LogP contribution in [0.15, 0.2) is 127 Å². The molecule has 6 aromatic rings. The van der Waals surface area contributed by atoms with Crippen LogP contribution in [0.1, 0.15) is 12.8 Å². The maximum atomic E-state index is 11.0. The van der Waals surface area contributed by atoms with E-state index in [4.69, 9.17) is 24.2 Å². The molecule has 5 aromatic carbocycles. The van der Waals surface area contributed by atoms with Crippen molar-refractivity contribution < 1.29 is 18.6 Å². The van der Waals surface area contributed by atoms with E-state index in [-0.39, 0.29) is 11.5 Å². The molecule has 0 amide bonds. The third-order valence-corrected chi connectivity index (χ3v) is 7.97. The molecule has 1 aromatic heterocycles. The minimum atomic E-state index is -1.81. The summed E-state index contributed by atoms with van der Waals surface area (Å²) in [5.74, 6) is 1.99. The van der Waals surface area contributed by atoms with Gasteiger partial charge >= 0.3 is 0 Å². The number of unbranched alkanes of at least 4 members (excludes halogenated alkanes) is 1. The van der Waals surface area contributed by atoms with Crippen molar-refractivity contribution in [3.8, 4) is 67.9 Å². The second kappa shape index (κ2) is 14.1. The minimum absolute atomic E-state index is 0.0223. The second-order valence-corrected chi connectivity index (χ2v) is 11.5. The first-order valence-corrected chi connectivity index (χ1v) is 15.9. The van der Waals surface area contributed by atoms with Crippen LogP contribution in [0.4, 0.5) is 0 Å². The van der Waals surface area contributed by atoms with Crippen LogP contribution in [-0.2, 0) is 11.1 Å². The topological polar surface area (TPSA) is 105 Å². The van der Waals surface area contributed by atoms with E-state index in [1.54, 1.807) is 12.1 Å². The Balaban J connectivity index is 1.33. The van der Waals surface area contributed by atoms with E-state index in [9.17, 15) is 9.32 Å². The van der Waals surface area contributed by atoms with E-state index in [1.165, 1.54) is 6.07 Å². The number of aromatic nitrogens is 3. The van der Waals surface area contributed by atoms with Gasteiger partial charge in [-0.05, 0) is 47.2 Å². The van der Waals surface area contributed by atoms with Crippen LogP contribution in [0, 0.1) is 0 Å². The molecule has 0 spiro atoms. The predicted molar refractivity (Wildman–Crippen MR) is 179 cm³/mol. The number of nitrogens with zero attached hydrogens (tertiary/aromatic N) is 3. The van der Waals surface area contributed by atoms with Crippen LogP contribution in [0.2, 0.25) is 0 Å². The number of benzene rings is 5. The molecule has 6 rings (SSSR count). The molecule has 7 nitrogen and oxygen atoms in total. The van der Waals surface area contributed by atoms with E-state index in [2.05, 4.69) is 24.3 Å². The minimum Gasteiger partial charge on any atom is -0.507 e. The van der Waals surface area contributed by atoms with Crippen molar-refractivity contribution in [3.63, 3.8) is 0 Å². The fraction of sp³-hybridized carbons (Fsp3) is 0.108. The van der Waals surface area contributed by atoms with Gasteiger partial charge in [-0.25, -0.2) is 19.2 Å². The quantitative estimate of drug-likeness (QED) is 0.112. The van der Waals surface area contributed by atoms with Gasteiger partial charge in [0.1, 0.15) is 11.5 Å². The molecule has 0 aliphatic heterocycles. The Hall–Kier alpha value is -5.18. The smallest absolute Gasteiger partial charge is 0.167 e. The highest BCUT2D eigenvalue weighted by Crippen LogP contribution is 2.33. The lowest BCUT2D eigenvalue weighted by Gasteiger charge is -2.12. The number of hydrogen-bond donors (Lipinski definition) is 2. The summed E-state index contributed by atoms with van der Waals surface area (Å²) in [7, 11) is 0. The number of phenols is 1. The number of aromatic hydroxyl groups is 1. The molecule has 8 heteroatoms. The second-order valence-electron chi connectivity index (χ2n) is 10.5. The van der Waals surface area contributed by atoms with Gasteiger partial charge in [0.05, 0.1) is 12.2 Å². The molecular weight excluding hydrogens is 582 g/mol. The van der Waals surface area contributed by atoms with Crippen LogP contribution in [0.25, 0.3) is 56.4 Å². The first-order chi connectivity index (χ1) is 22.0. The van der Waals surface area contributed by atoms with Gasteiger partial charge in [0.15, 0.2) is 28.6 Å². The Morgan fingerprint density at radius 2 is 1.02 bits per heavy atom. The fourth-order valence-corrected chi connectivity index (χ4v) is 5.40. The van der Waals surface area contributed by atoms with Gasteiger partial charge in [0, 0.05) is 22.9 Å². The Bertz CT molecular complexity index is 1800. The van der Waals surface area contributed by atoms with Crippen LogP contribution < -0.4 is 4.74 Å². The van der Waals surface area contributed by atoms with Crippen molar-refractivity contribution >= 4 is 11.1 Å². The summed E-state index contributed by atoms with van der Waals surface area (Å²) in [5, 5.41) is 11.0. The molecule has 0 fully saturated rings. The van der Waals surface area contributed by atoms with Crippen molar-refractivity contribution in [2.75, 3.05) is 12.4 Å². The molecule has 224 valence electrons. The van der Waals surface area contributed by atoms with Crippen LogP contribution >= 0.6 is 0 Å². The van der Waals surface area contributed by atoms with Gasteiger partial charge in [-0.15, -0.1) is 0 Å². The zero-order chi connectivity index (χ0) is 31.0. The van der Waals surface area contributed by atoms with Crippen molar-refractivity contribution in [2.45, 2.75) is 12.8 Å². The molecule has 0 radical (unpaired) electrons. The SMILES string of the molecule is O=S(O)CCCCOc1ccc(-c2nc(-c3ccc(-c4ccccc4)cc3)nc(-c3ccc(-c4ccccc4)cc3)n2)c(O)c1. The van der Waals surface area contributed by atoms with Crippen LogP contribution in [0.5, 0.6) is 11.5 Å². The Morgan fingerprint density at radius 1 is 0.556 bits per heavy atom. The van der Waals surface area contributed by atoms with Gasteiger partial charge in [-0.3, -0.25) is 0 Å². The average Bonchev–Trinajstić information content (AvgIpc) is 3.09. The van der Waals surface area contributed by atoms with Gasteiger partial charge in [-0.2, -0.15) is 0 Å². The van der Waals surface area contributed by atoms with Crippen molar-refractivity contribution in [3.05, 3.63) is 127 Å². The zero-order valence-electron chi connectivity index (χ0n) is 24.4. The molecule has 1 unspecified atom stereocenters. The zero-order valence-corrected chi connectivity index (χ0v) is 25.2. The molecule has 0 aliphatic rings. The summed E-state index contributed by atoms with van der Waals surface area (Å²) in [6, 6.07) is 41.5. The van der Waals surface area contributed by atoms with Crippen molar-refractivity contribution in [1.82, 2.24) is 15.0 Å². The molecule has 45 heavy (non-hydrogen) atoms. The molecule has 1 heterocycles. The largest absolute Gasteiger partial charge is 0.507 e. The first kappa shape index (κ1) is 29.9. The molecule has 0 saturated carbocycles. The summed E-state index contributed by atoms with van der Waals surface area (Å²) in [4.78, 5) is 14.4. The monoisotopic (exact) mass is 613 g/mol. The molecule has 0 aliphatic carbocycles. The summed E-state index contributed by atoms with van der Waals surface area (Å²) < 4.78 is 25.5. The molecule has 0 saturated heterocycles. The Morgan fingerprint density at radius 3 is 1.51 bits per heavy atom. The van der Waals surface area contributed by atoms with Gasteiger partial charge in [-0.1, -0.05) is 109 Å². The maximum absolute atomic E-state index is 11.0. The highest BCUT2D eigenvalue weighted by Gasteiger charge is 2.16. The average molecular weight is 614 g/mol. The number of phenolic OH excluding ortho intramolecular Hbond substituents is 1. The number of hydrogen-bond acceptors (Lipinski definition) is 6. The lowest BCUT2D eigenvalue weighted by atomic mass is 10.0. The highest BCUT2D eigenvalue weighted by molar-refractivity contribution is 7.79.